The number of aryl methyl sites for hydroxylation is 1. The van der Waals surface area contributed by atoms with Crippen molar-refractivity contribution in [1.29, 1.82) is 0 Å². The fourth-order valence-electron chi connectivity index (χ4n) is 2.25. The zero-order valence-electron chi connectivity index (χ0n) is 11.7. The zero-order chi connectivity index (χ0) is 13.1. The molecule has 1 unspecified atom stereocenters. The topological polar surface area (TPSA) is 12.0 Å². The molecule has 1 saturated carbocycles. The Morgan fingerprint density at radius 3 is 2.61 bits per heavy atom. The molecule has 0 bridgehead atoms. The van der Waals surface area contributed by atoms with E-state index in [1.165, 1.54) is 24.0 Å². The molecule has 1 aromatic carbocycles. The molecule has 0 amide bonds. The lowest BCUT2D eigenvalue weighted by Crippen LogP contribution is -2.29. The highest BCUT2D eigenvalue weighted by atomic mass is 35.5. The number of nitrogens with one attached hydrogen (secondary N) is 1. The van der Waals surface area contributed by atoms with Crippen molar-refractivity contribution in [3.8, 4) is 0 Å². The Kier molecular flexibility index (Phi) is 4.69. The third kappa shape index (κ3) is 4.00. The van der Waals surface area contributed by atoms with Crippen LogP contribution in [0.4, 0.5) is 0 Å². The van der Waals surface area contributed by atoms with Crippen molar-refractivity contribution in [2.45, 2.75) is 46.1 Å². The third-order valence-corrected chi connectivity index (χ3v) is 4.23. The van der Waals surface area contributed by atoms with Gasteiger partial charge in [0.2, 0.25) is 0 Å². The summed E-state index contributed by atoms with van der Waals surface area (Å²) in [6.07, 6.45) is 3.79. The molecule has 1 aliphatic rings. The summed E-state index contributed by atoms with van der Waals surface area (Å²) in [5.41, 5.74) is 2.53. The number of rotatable bonds is 6. The molecule has 0 heterocycles. The van der Waals surface area contributed by atoms with Crippen molar-refractivity contribution in [1.82, 2.24) is 5.32 Å². The molecule has 1 aromatic rings. The van der Waals surface area contributed by atoms with Crippen molar-refractivity contribution in [3.63, 3.8) is 0 Å². The molecule has 0 radical (unpaired) electrons. The second-order valence-corrected chi connectivity index (χ2v) is 6.39. The van der Waals surface area contributed by atoms with Crippen LogP contribution in [0.15, 0.2) is 18.2 Å². The van der Waals surface area contributed by atoms with E-state index in [-0.39, 0.29) is 0 Å². The third-order valence-electron chi connectivity index (χ3n) is 3.88. The molecule has 18 heavy (non-hydrogen) atoms. The van der Waals surface area contributed by atoms with Crippen molar-refractivity contribution < 1.29 is 0 Å². The molecule has 2 rings (SSSR count). The molecule has 1 N–H and O–H groups in total. The largest absolute Gasteiger partial charge is 0.314 e. The van der Waals surface area contributed by atoms with E-state index in [0.717, 1.165) is 24.0 Å². The highest BCUT2D eigenvalue weighted by molar-refractivity contribution is 6.31. The molecule has 100 valence electrons. The molecule has 0 aromatic heterocycles. The summed E-state index contributed by atoms with van der Waals surface area (Å²) in [6, 6.07) is 7.21. The minimum atomic E-state index is 0.672. The van der Waals surface area contributed by atoms with Crippen LogP contribution in [0, 0.1) is 18.8 Å². The van der Waals surface area contributed by atoms with Gasteiger partial charge in [0.1, 0.15) is 0 Å². The first-order valence-electron chi connectivity index (χ1n) is 7.04. The fourth-order valence-corrected chi connectivity index (χ4v) is 2.56. The van der Waals surface area contributed by atoms with Crippen LogP contribution in [-0.4, -0.2) is 12.6 Å². The average molecular weight is 266 g/mol. The van der Waals surface area contributed by atoms with Crippen molar-refractivity contribution in [3.05, 3.63) is 34.3 Å². The standard InChI is InChI=1S/C16H24ClN/c1-11(2)14(10-18-15-6-7-15)9-13-5-4-12(3)8-16(13)17/h4-5,8,11,14-15,18H,6-7,9-10H2,1-3H3. The fraction of sp³-hybridized carbons (Fsp3) is 0.625. The Balaban J connectivity index is 1.97. The summed E-state index contributed by atoms with van der Waals surface area (Å²) in [5.74, 6) is 1.36. The Morgan fingerprint density at radius 2 is 2.06 bits per heavy atom. The summed E-state index contributed by atoms with van der Waals surface area (Å²) in [6.45, 7) is 7.82. The SMILES string of the molecule is Cc1ccc(CC(CNC2CC2)C(C)C)c(Cl)c1. The van der Waals surface area contributed by atoms with Gasteiger partial charge in [-0.3, -0.25) is 0 Å². The van der Waals surface area contributed by atoms with Crippen LogP contribution in [0.5, 0.6) is 0 Å². The smallest absolute Gasteiger partial charge is 0.0440 e. The minimum Gasteiger partial charge on any atom is -0.314 e. The maximum Gasteiger partial charge on any atom is 0.0440 e. The van der Waals surface area contributed by atoms with Crippen molar-refractivity contribution >= 4 is 11.6 Å². The van der Waals surface area contributed by atoms with Crippen LogP contribution in [-0.2, 0) is 6.42 Å². The molecule has 2 heteroatoms. The summed E-state index contributed by atoms with van der Waals surface area (Å²) in [5, 5.41) is 4.57. The van der Waals surface area contributed by atoms with E-state index in [4.69, 9.17) is 11.6 Å². The maximum absolute atomic E-state index is 6.33. The van der Waals surface area contributed by atoms with E-state index >= 15 is 0 Å². The monoisotopic (exact) mass is 265 g/mol. The lowest BCUT2D eigenvalue weighted by Gasteiger charge is -2.22. The van der Waals surface area contributed by atoms with Gasteiger partial charge in [0.05, 0.1) is 0 Å². The van der Waals surface area contributed by atoms with E-state index in [9.17, 15) is 0 Å². The van der Waals surface area contributed by atoms with E-state index in [1.807, 2.05) is 0 Å². The first kappa shape index (κ1) is 13.9. The second kappa shape index (κ2) is 6.08. The first-order valence-corrected chi connectivity index (χ1v) is 7.42. The van der Waals surface area contributed by atoms with E-state index in [1.54, 1.807) is 0 Å². The Hall–Kier alpha value is -0.530. The normalized spacial score (nSPS) is 17.2. The van der Waals surface area contributed by atoms with Crippen LogP contribution in [0.2, 0.25) is 5.02 Å². The quantitative estimate of drug-likeness (QED) is 0.812. The van der Waals surface area contributed by atoms with Gasteiger partial charge in [-0.25, -0.2) is 0 Å². The lowest BCUT2D eigenvalue weighted by molar-refractivity contribution is 0.359. The van der Waals surface area contributed by atoms with Gasteiger partial charge in [-0.15, -0.1) is 0 Å². The molecular formula is C16H24ClN. The summed E-state index contributed by atoms with van der Waals surface area (Å²) >= 11 is 6.33. The van der Waals surface area contributed by atoms with Gasteiger partial charge in [-0.05, 0) is 61.8 Å². The van der Waals surface area contributed by atoms with Gasteiger partial charge in [0, 0.05) is 11.1 Å². The number of hydrogen-bond donors (Lipinski definition) is 1. The average Bonchev–Trinajstić information content (AvgIpc) is 3.10. The number of halogens is 1. The highest BCUT2D eigenvalue weighted by Crippen LogP contribution is 2.25. The molecule has 1 atom stereocenters. The van der Waals surface area contributed by atoms with Gasteiger partial charge in [0.25, 0.3) is 0 Å². The van der Waals surface area contributed by atoms with Gasteiger partial charge in [-0.1, -0.05) is 37.6 Å². The van der Waals surface area contributed by atoms with E-state index in [0.29, 0.717) is 11.8 Å². The van der Waals surface area contributed by atoms with Crippen molar-refractivity contribution in [2.24, 2.45) is 11.8 Å². The lowest BCUT2D eigenvalue weighted by atomic mass is 9.89. The van der Waals surface area contributed by atoms with Gasteiger partial charge in [-0.2, -0.15) is 0 Å². The van der Waals surface area contributed by atoms with Crippen molar-refractivity contribution in [2.75, 3.05) is 6.54 Å². The molecule has 0 saturated heterocycles. The van der Waals surface area contributed by atoms with Gasteiger partial charge < -0.3 is 5.32 Å². The van der Waals surface area contributed by atoms with Gasteiger partial charge >= 0.3 is 0 Å². The summed E-state index contributed by atoms with van der Waals surface area (Å²) in [7, 11) is 0. The van der Waals surface area contributed by atoms with Gasteiger partial charge in [0.15, 0.2) is 0 Å². The second-order valence-electron chi connectivity index (χ2n) is 5.99. The number of hydrogen-bond acceptors (Lipinski definition) is 1. The molecular weight excluding hydrogens is 242 g/mol. The van der Waals surface area contributed by atoms with Crippen LogP contribution in [0.3, 0.4) is 0 Å². The first-order chi connectivity index (χ1) is 8.56. The Bertz CT molecular complexity index is 396. The summed E-state index contributed by atoms with van der Waals surface area (Å²) < 4.78 is 0. The molecule has 0 spiro atoms. The predicted molar refractivity (Wildman–Crippen MR) is 79.2 cm³/mol. The van der Waals surface area contributed by atoms with Crippen LogP contribution < -0.4 is 5.32 Å². The maximum atomic E-state index is 6.33. The van der Waals surface area contributed by atoms with E-state index in [2.05, 4.69) is 44.3 Å². The van der Waals surface area contributed by atoms with E-state index < -0.39 is 0 Å². The van der Waals surface area contributed by atoms with Crippen LogP contribution in [0.25, 0.3) is 0 Å². The van der Waals surface area contributed by atoms with Crippen LogP contribution in [0.1, 0.15) is 37.8 Å². The molecule has 0 aliphatic heterocycles. The summed E-state index contributed by atoms with van der Waals surface area (Å²) in [4.78, 5) is 0. The van der Waals surface area contributed by atoms with Crippen LogP contribution >= 0.6 is 11.6 Å². The molecule has 1 fully saturated rings. The number of benzene rings is 1. The highest BCUT2D eigenvalue weighted by Gasteiger charge is 2.23. The predicted octanol–water partition coefficient (Wildman–Crippen LogP) is 4.22. The molecule has 1 nitrogen and oxygen atoms in total. The zero-order valence-corrected chi connectivity index (χ0v) is 12.4. The minimum absolute atomic E-state index is 0.672. The Labute approximate surface area is 116 Å². The molecule has 1 aliphatic carbocycles. The Morgan fingerprint density at radius 1 is 1.33 bits per heavy atom.